The molecule has 0 aliphatic carbocycles. The predicted molar refractivity (Wildman–Crippen MR) is 106 cm³/mol. The number of fused-ring (bicyclic) bond motifs is 4. The number of aryl methyl sites for hydroxylation is 1. The minimum absolute atomic E-state index is 0.0857. The highest BCUT2D eigenvalue weighted by Gasteiger charge is 2.60. The van der Waals surface area contributed by atoms with Crippen molar-refractivity contribution in [1.29, 1.82) is 5.26 Å². The van der Waals surface area contributed by atoms with Crippen LogP contribution in [0.4, 0.5) is 5.69 Å². The summed E-state index contributed by atoms with van der Waals surface area (Å²) >= 11 is 0. The van der Waals surface area contributed by atoms with E-state index in [2.05, 4.69) is 11.2 Å². The highest BCUT2D eigenvalue weighted by molar-refractivity contribution is 6.14. The van der Waals surface area contributed by atoms with E-state index in [-0.39, 0.29) is 17.4 Å². The number of para-hydroxylation sites is 2. The van der Waals surface area contributed by atoms with Gasteiger partial charge in [-0.1, -0.05) is 36.4 Å². The van der Waals surface area contributed by atoms with Gasteiger partial charge in [0.15, 0.2) is 0 Å². The third kappa shape index (κ3) is 1.95. The molecular weight excluding hydrogens is 366 g/mol. The molecule has 2 aromatic carbocycles. The normalized spacial score (nSPS) is 19.8. The molecule has 2 aliphatic heterocycles. The van der Waals surface area contributed by atoms with Crippen molar-refractivity contribution in [3.8, 4) is 17.6 Å². The van der Waals surface area contributed by atoms with E-state index in [0.29, 0.717) is 22.7 Å². The van der Waals surface area contributed by atoms with Crippen LogP contribution in [0, 0.1) is 18.3 Å². The number of nitrogens with two attached hydrogens (primary N) is 1. The lowest BCUT2D eigenvalue weighted by molar-refractivity contribution is -0.120. The van der Waals surface area contributed by atoms with Crippen LogP contribution in [-0.4, -0.2) is 22.7 Å². The minimum atomic E-state index is -1.38. The smallest absolute Gasteiger partial charge is 0.247 e. The third-order valence-corrected chi connectivity index (χ3v) is 5.63. The molecule has 3 heterocycles. The van der Waals surface area contributed by atoms with E-state index < -0.39 is 5.41 Å². The van der Waals surface area contributed by atoms with Gasteiger partial charge in [-0.15, -0.1) is 0 Å². The summed E-state index contributed by atoms with van der Waals surface area (Å²) < 4.78 is 7.52. The molecule has 0 bridgehead atoms. The molecule has 2 aliphatic rings. The van der Waals surface area contributed by atoms with Crippen LogP contribution in [0.5, 0.6) is 5.88 Å². The quantitative estimate of drug-likeness (QED) is 0.696. The molecule has 1 amide bonds. The molecule has 5 rings (SSSR count). The number of benzene rings is 2. The molecule has 0 fully saturated rings. The van der Waals surface area contributed by atoms with E-state index in [9.17, 15) is 10.1 Å². The van der Waals surface area contributed by atoms with Crippen LogP contribution in [0.25, 0.3) is 5.69 Å². The molecule has 1 aromatic heterocycles. The van der Waals surface area contributed by atoms with Gasteiger partial charge >= 0.3 is 0 Å². The van der Waals surface area contributed by atoms with Crippen LogP contribution in [0.2, 0.25) is 0 Å². The summed E-state index contributed by atoms with van der Waals surface area (Å²) in [5.74, 6) is 0.0117. The van der Waals surface area contributed by atoms with Gasteiger partial charge in [-0.25, -0.2) is 4.68 Å². The Morgan fingerprint density at radius 2 is 1.83 bits per heavy atom. The average molecular weight is 383 g/mol. The first-order valence-corrected chi connectivity index (χ1v) is 9.13. The fourth-order valence-electron chi connectivity index (χ4n) is 4.42. The summed E-state index contributed by atoms with van der Waals surface area (Å²) in [4.78, 5) is 15.3. The highest BCUT2D eigenvalue weighted by Crippen LogP contribution is 2.55. The van der Waals surface area contributed by atoms with E-state index in [1.165, 1.54) is 0 Å². The number of hydrogen-bond donors (Lipinski definition) is 1. The lowest BCUT2D eigenvalue weighted by atomic mass is 9.69. The second-order valence-corrected chi connectivity index (χ2v) is 7.10. The van der Waals surface area contributed by atoms with Gasteiger partial charge < -0.3 is 15.4 Å². The lowest BCUT2D eigenvalue weighted by Gasteiger charge is -2.32. The fourth-order valence-corrected chi connectivity index (χ4v) is 4.42. The number of nitriles is 1. The van der Waals surface area contributed by atoms with E-state index >= 15 is 0 Å². The Morgan fingerprint density at radius 3 is 2.55 bits per heavy atom. The Hall–Kier alpha value is -4.05. The molecule has 1 atom stereocenters. The zero-order valence-electron chi connectivity index (χ0n) is 15.9. The molecule has 0 saturated heterocycles. The number of carbonyl (C=O) groups excluding carboxylic acids is 1. The first kappa shape index (κ1) is 17.1. The Morgan fingerprint density at radius 1 is 1.14 bits per heavy atom. The number of nitrogens with zero attached hydrogens (tertiary/aromatic N) is 4. The first-order chi connectivity index (χ1) is 14.0. The van der Waals surface area contributed by atoms with Crippen molar-refractivity contribution in [2.75, 3.05) is 11.9 Å². The van der Waals surface area contributed by atoms with Gasteiger partial charge in [0.25, 0.3) is 0 Å². The molecule has 3 aromatic rings. The van der Waals surface area contributed by atoms with Crippen molar-refractivity contribution < 1.29 is 9.53 Å². The summed E-state index contributed by atoms with van der Waals surface area (Å²) in [5, 5.41) is 14.6. The first-order valence-electron chi connectivity index (χ1n) is 9.13. The largest absolute Gasteiger partial charge is 0.422 e. The van der Waals surface area contributed by atoms with Crippen LogP contribution in [0.1, 0.15) is 16.8 Å². The van der Waals surface area contributed by atoms with Gasteiger partial charge in [0.05, 0.1) is 16.9 Å². The Bertz CT molecular complexity index is 1250. The molecule has 0 radical (unpaired) electrons. The Balaban J connectivity index is 1.92. The van der Waals surface area contributed by atoms with Gasteiger partial charge in [0, 0.05) is 18.3 Å². The number of amides is 1. The molecule has 2 N–H and O–H groups in total. The van der Waals surface area contributed by atoms with Crippen molar-refractivity contribution in [3.63, 3.8) is 0 Å². The maximum atomic E-state index is 13.7. The van der Waals surface area contributed by atoms with Gasteiger partial charge in [-0.2, -0.15) is 10.4 Å². The molecule has 0 unspecified atom stereocenters. The predicted octanol–water partition coefficient (Wildman–Crippen LogP) is 2.53. The Kier molecular flexibility index (Phi) is 3.37. The number of hydrogen-bond acceptors (Lipinski definition) is 5. The number of carbonyl (C=O) groups is 1. The van der Waals surface area contributed by atoms with Gasteiger partial charge in [0.2, 0.25) is 17.7 Å². The second-order valence-electron chi connectivity index (χ2n) is 7.10. The number of likely N-dealkylation sites (N-methyl/N-ethyl adjacent to an activating group) is 1. The summed E-state index contributed by atoms with van der Waals surface area (Å²) in [5.41, 5.74) is 8.26. The van der Waals surface area contributed by atoms with Gasteiger partial charge in [0.1, 0.15) is 17.1 Å². The van der Waals surface area contributed by atoms with Crippen LogP contribution < -0.4 is 15.4 Å². The molecular formula is C22H17N5O2. The topological polar surface area (TPSA) is 97.2 Å². The number of aromatic nitrogens is 2. The van der Waals surface area contributed by atoms with Crippen LogP contribution >= 0.6 is 0 Å². The second kappa shape index (κ2) is 5.72. The van der Waals surface area contributed by atoms with Crippen LogP contribution in [0.15, 0.2) is 66.1 Å². The highest BCUT2D eigenvalue weighted by atomic mass is 16.5. The molecule has 7 nitrogen and oxygen atoms in total. The van der Waals surface area contributed by atoms with Crippen molar-refractivity contribution in [1.82, 2.24) is 9.78 Å². The molecule has 29 heavy (non-hydrogen) atoms. The van der Waals surface area contributed by atoms with Crippen molar-refractivity contribution in [3.05, 3.63) is 82.9 Å². The summed E-state index contributed by atoms with van der Waals surface area (Å²) in [6.45, 7) is 1.81. The summed E-state index contributed by atoms with van der Waals surface area (Å²) in [6.07, 6.45) is 0. The van der Waals surface area contributed by atoms with Crippen LogP contribution in [0.3, 0.4) is 0 Å². The zero-order chi connectivity index (χ0) is 20.3. The monoisotopic (exact) mass is 383 g/mol. The van der Waals surface area contributed by atoms with E-state index in [1.54, 1.807) is 16.6 Å². The van der Waals surface area contributed by atoms with Crippen molar-refractivity contribution in [2.45, 2.75) is 12.3 Å². The minimum Gasteiger partial charge on any atom is -0.422 e. The molecule has 142 valence electrons. The van der Waals surface area contributed by atoms with E-state index in [4.69, 9.17) is 10.5 Å². The fraction of sp³-hybridized carbons (Fsp3) is 0.136. The number of ether oxygens (including phenoxy) is 1. The van der Waals surface area contributed by atoms with E-state index in [0.717, 1.165) is 11.4 Å². The van der Waals surface area contributed by atoms with Crippen LogP contribution in [-0.2, 0) is 10.2 Å². The maximum absolute atomic E-state index is 13.7. The molecule has 1 spiro atoms. The number of rotatable bonds is 1. The van der Waals surface area contributed by atoms with Crippen molar-refractivity contribution in [2.24, 2.45) is 5.73 Å². The molecule has 7 heteroatoms. The standard InChI is InChI=1S/C22H17N5O2/c1-13-18-20(27(25-13)14-8-4-3-5-9-14)29-19(24)16(12-23)22(18)15-10-6-7-11-17(15)26(2)21(22)28/h3-11H,24H2,1-2H3/t22-/m0/s1. The maximum Gasteiger partial charge on any atom is 0.247 e. The molecule has 0 saturated carbocycles. The average Bonchev–Trinajstić information content (AvgIpc) is 3.18. The summed E-state index contributed by atoms with van der Waals surface area (Å²) in [7, 11) is 1.70. The third-order valence-electron chi connectivity index (χ3n) is 5.63. The Labute approximate surface area is 167 Å². The van der Waals surface area contributed by atoms with Gasteiger partial charge in [-0.3, -0.25) is 4.79 Å². The zero-order valence-corrected chi connectivity index (χ0v) is 15.9. The lowest BCUT2D eigenvalue weighted by Crippen LogP contribution is -2.45. The van der Waals surface area contributed by atoms with Gasteiger partial charge in [-0.05, 0) is 25.1 Å². The SMILES string of the molecule is Cc1nn(-c2ccccc2)c2c1[C@@]1(C(=O)N(C)c3ccccc31)C(C#N)=C(N)O2. The number of anilines is 1. The van der Waals surface area contributed by atoms with Crippen molar-refractivity contribution >= 4 is 11.6 Å². The van der Waals surface area contributed by atoms with E-state index in [1.807, 2.05) is 61.5 Å². The summed E-state index contributed by atoms with van der Waals surface area (Å²) in [6, 6.07) is 19.0.